The number of amides is 1. The lowest BCUT2D eigenvalue weighted by molar-refractivity contribution is 0.0957. The van der Waals surface area contributed by atoms with E-state index in [4.69, 9.17) is 0 Å². The molecule has 3 aromatic rings. The van der Waals surface area contributed by atoms with Crippen LogP contribution in [0, 0.1) is 13.8 Å². The molecule has 0 fully saturated rings. The summed E-state index contributed by atoms with van der Waals surface area (Å²) in [7, 11) is -3.75. The lowest BCUT2D eigenvalue weighted by Gasteiger charge is -2.05. The summed E-state index contributed by atoms with van der Waals surface area (Å²) in [5.74, 6) is -0.258. The molecule has 2 aromatic carbocycles. The number of hydrogen-bond acceptors (Lipinski definition) is 5. The van der Waals surface area contributed by atoms with E-state index in [1.807, 2.05) is 37.3 Å². The zero-order valence-corrected chi connectivity index (χ0v) is 17.2. The zero-order valence-electron chi connectivity index (χ0n) is 15.6. The molecule has 1 aromatic heterocycles. The molecule has 6 nitrogen and oxygen atoms in total. The first-order valence-corrected chi connectivity index (χ1v) is 11.0. The molecule has 3 rings (SSSR count). The lowest BCUT2D eigenvalue weighted by Crippen LogP contribution is -2.25. The fraction of sp³-hybridized carbons (Fsp3) is 0.200. The van der Waals surface area contributed by atoms with Crippen LogP contribution >= 0.6 is 11.3 Å². The van der Waals surface area contributed by atoms with Crippen molar-refractivity contribution in [3.8, 4) is 0 Å². The van der Waals surface area contributed by atoms with Crippen molar-refractivity contribution in [1.29, 1.82) is 0 Å². The summed E-state index contributed by atoms with van der Waals surface area (Å²) in [6, 6.07) is 16.4. The van der Waals surface area contributed by atoms with Crippen molar-refractivity contribution in [2.75, 3.05) is 11.3 Å². The van der Waals surface area contributed by atoms with Gasteiger partial charge in [0.2, 0.25) is 0 Å². The minimum absolute atomic E-state index is 0.153. The van der Waals surface area contributed by atoms with E-state index in [-0.39, 0.29) is 15.9 Å². The molecular weight excluding hydrogens is 394 g/mol. The van der Waals surface area contributed by atoms with Crippen molar-refractivity contribution in [2.24, 2.45) is 0 Å². The molecule has 0 aliphatic rings. The van der Waals surface area contributed by atoms with Gasteiger partial charge in [0, 0.05) is 6.54 Å². The predicted molar refractivity (Wildman–Crippen MR) is 111 cm³/mol. The first-order chi connectivity index (χ1) is 13.3. The molecule has 2 N–H and O–H groups in total. The number of thiazole rings is 1. The SMILES string of the molecule is Cc1ccc(S(=O)(=O)Nc2nc(C)c(C(=O)NCCc3ccccc3)s2)cc1. The number of rotatable bonds is 7. The standard InChI is InChI=1S/C20H21N3O3S2/c1-14-8-10-17(11-9-14)28(25,26)23-20-22-15(2)18(27-20)19(24)21-13-12-16-6-4-3-5-7-16/h3-11H,12-13H2,1-2H3,(H,21,24)(H,22,23). The monoisotopic (exact) mass is 415 g/mol. The summed E-state index contributed by atoms with van der Waals surface area (Å²) in [6.45, 7) is 4.06. The van der Waals surface area contributed by atoms with Gasteiger partial charge in [-0.05, 0) is 38.0 Å². The Labute approximate surface area is 168 Å². The quantitative estimate of drug-likeness (QED) is 0.618. The molecular formula is C20H21N3O3S2. The van der Waals surface area contributed by atoms with Gasteiger partial charge in [0.15, 0.2) is 5.13 Å². The highest BCUT2D eigenvalue weighted by Gasteiger charge is 2.20. The van der Waals surface area contributed by atoms with Crippen molar-refractivity contribution in [2.45, 2.75) is 25.2 Å². The average molecular weight is 416 g/mol. The maximum Gasteiger partial charge on any atom is 0.263 e. The first-order valence-electron chi connectivity index (χ1n) is 8.74. The largest absolute Gasteiger partial charge is 0.351 e. The van der Waals surface area contributed by atoms with Gasteiger partial charge in [0.25, 0.3) is 15.9 Å². The van der Waals surface area contributed by atoms with E-state index >= 15 is 0 Å². The molecule has 8 heteroatoms. The Morgan fingerprint density at radius 2 is 1.71 bits per heavy atom. The second-order valence-corrected chi connectivity index (χ2v) is 9.03. The van der Waals surface area contributed by atoms with Gasteiger partial charge in [-0.3, -0.25) is 9.52 Å². The molecule has 0 unspecified atom stereocenters. The Morgan fingerprint density at radius 1 is 1.04 bits per heavy atom. The van der Waals surface area contributed by atoms with Gasteiger partial charge in [-0.15, -0.1) is 0 Å². The van der Waals surface area contributed by atoms with Crippen molar-refractivity contribution in [3.05, 3.63) is 76.3 Å². The van der Waals surface area contributed by atoms with Crippen LogP contribution in [0.3, 0.4) is 0 Å². The lowest BCUT2D eigenvalue weighted by atomic mass is 10.1. The van der Waals surface area contributed by atoms with Crippen molar-refractivity contribution in [3.63, 3.8) is 0 Å². The van der Waals surface area contributed by atoms with Crippen LogP contribution in [0.5, 0.6) is 0 Å². The Balaban J connectivity index is 1.65. The van der Waals surface area contributed by atoms with Gasteiger partial charge in [-0.25, -0.2) is 13.4 Å². The molecule has 0 aliphatic heterocycles. The summed E-state index contributed by atoms with van der Waals surface area (Å²) < 4.78 is 27.4. The molecule has 0 spiro atoms. The Bertz CT molecular complexity index is 1060. The van der Waals surface area contributed by atoms with Crippen LogP contribution in [0.2, 0.25) is 0 Å². The van der Waals surface area contributed by atoms with E-state index in [9.17, 15) is 13.2 Å². The highest BCUT2D eigenvalue weighted by Crippen LogP contribution is 2.25. The third kappa shape index (κ3) is 4.96. The normalized spacial score (nSPS) is 11.2. The van der Waals surface area contributed by atoms with E-state index in [2.05, 4.69) is 15.0 Å². The van der Waals surface area contributed by atoms with Crippen molar-refractivity contribution in [1.82, 2.24) is 10.3 Å². The highest BCUT2D eigenvalue weighted by molar-refractivity contribution is 7.93. The minimum Gasteiger partial charge on any atom is -0.351 e. The average Bonchev–Trinajstić information content (AvgIpc) is 3.02. The van der Waals surface area contributed by atoms with Crippen LogP contribution in [0.4, 0.5) is 5.13 Å². The topological polar surface area (TPSA) is 88.2 Å². The van der Waals surface area contributed by atoms with Gasteiger partial charge >= 0.3 is 0 Å². The van der Waals surface area contributed by atoms with E-state index in [1.54, 1.807) is 19.1 Å². The highest BCUT2D eigenvalue weighted by atomic mass is 32.2. The summed E-state index contributed by atoms with van der Waals surface area (Å²) in [4.78, 5) is 17.2. The number of anilines is 1. The van der Waals surface area contributed by atoms with Crippen LogP contribution in [0.1, 0.15) is 26.5 Å². The maximum atomic E-state index is 12.5. The predicted octanol–water partition coefficient (Wildman–Crippen LogP) is 3.53. The first kappa shape index (κ1) is 20.0. The number of carbonyl (C=O) groups is 1. The number of hydrogen-bond donors (Lipinski definition) is 2. The van der Waals surface area contributed by atoms with Gasteiger partial charge in [-0.2, -0.15) is 0 Å². The molecule has 0 saturated heterocycles. The van der Waals surface area contributed by atoms with Crippen LogP contribution < -0.4 is 10.0 Å². The summed E-state index contributed by atoms with van der Waals surface area (Å²) in [5, 5.41) is 3.03. The van der Waals surface area contributed by atoms with E-state index in [0.29, 0.717) is 17.1 Å². The summed E-state index contributed by atoms with van der Waals surface area (Å²) in [5.41, 5.74) is 2.60. The number of aryl methyl sites for hydroxylation is 2. The third-order valence-corrected chi connectivity index (χ3v) is 6.65. The van der Waals surface area contributed by atoms with E-state index < -0.39 is 10.0 Å². The number of nitrogens with zero attached hydrogens (tertiary/aromatic N) is 1. The van der Waals surface area contributed by atoms with Gasteiger partial charge in [0.05, 0.1) is 10.6 Å². The second kappa shape index (κ2) is 8.53. The van der Waals surface area contributed by atoms with Crippen LogP contribution in [-0.2, 0) is 16.4 Å². The molecule has 1 heterocycles. The Hall–Kier alpha value is -2.71. The van der Waals surface area contributed by atoms with Crippen LogP contribution in [0.25, 0.3) is 0 Å². The molecule has 0 radical (unpaired) electrons. The van der Waals surface area contributed by atoms with Gasteiger partial charge < -0.3 is 5.32 Å². The summed E-state index contributed by atoms with van der Waals surface area (Å²) in [6.07, 6.45) is 0.720. The molecule has 146 valence electrons. The smallest absolute Gasteiger partial charge is 0.263 e. The van der Waals surface area contributed by atoms with Crippen molar-refractivity contribution < 1.29 is 13.2 Å². The zero-order chi connectivity index (χ0) is 20.1. The third-order valence-electron chi connectivity index (χ3n) is 4.10. The van der Waals surface area contributed by atoms with Gasteiger partial charge in [-0.1, -0.05) is 59.4 Å². The summed E-state index contributed by atoms with van der Waals surface area (Å²) >= 11 is 1.03. The fourth-order valence-corrected chi connectivity index (χ4v) is 4.71. The van der Waals surface area contributed by atoms with Crippen molar-refractivity contribution >= 4 is 32.4 Å². The van der Waals surface area contributed by atoms with E-state index in [1.165, 1.54) is 12.1 Å². The van der Waals surface area contributed by atoms with Crippen LogP contribution in [-0.4, -0.2) is 25.9 Å². The van der Waals surface area contributed by atoms with Gasteiger partial charge in [0.1, 0.15) is 4.88 Å². The number of nitrogens with one attached hydrogen (secondary N) is 2. The fourth-order valence-electron chi connectivity index (χ4n) is 2.59. The second-order valence-electron chi connectivity index (χ2n) is 6.34. The number of carbonyl (C=O) groups excluding carboxylic acids is 1. The molecule has 1 amide bonds. The molecule has 0 bridgehead atoms. The maximum absolute atomic E-state index is 12.5. The minimum atomic E-state index is -3.75. The number of aromatic nitrogens is 1. The molecule has 0 atom stereocenters. The van der Waals surface area contributed by atoms with Crippen LogP contribution in [0.15, 0.2) is 59.5 Å². The molecule has 28 heavy (non-hydrogen) atoms. The molecule has 0 aliphatic carbocycles. The number of benzene rings is 2. The Kier molecular flexibility index (Phi) is 6.11. The Morgan fingerprint density at radius 3 is 2.39 bits per heavy atom. The molecule has 0 saturated carbocycles. The number of sulfonamides is 1. The van der Waals surface area contributed by atoms with E-state index in [0.717, 1.165) is 28.9 Å².